The first-order valence-corrected chi connectivity index (χ1v) is 11.1. The van der Waals surface area contributed by atoms with Gasteiger partial charge in [0.1, 0.15) is 24.5 Å². The molecule has 2 aliphatic rings. The lowest BCUT2D eigenvalue weighted by Gasteiger charge is -2.41. The van der Waals surface area contributed by atoms with Crippen molar-refractivity contribution in [2.75, 3.05) is 19.7 Å². The standard InChI is InChI=1S/C25H25F3N2O5/c26-25(27,28)14-30(20(32)12-15-6-2-1-3-7-15)18-13-17(24(34)29-10-11-31)21-16-8-4-5-9-19(16)35-23(21)22(18)33/h1-9,13,18,21-23,31,33H,10-12,14H2,(H,29,34). The predicted molar refractivity (Wildman–Crippen MR) is 119 cm³/mol. The molecule has 2 aromatic rings. The molecular weight excluding hydrogens is 465 g/mol. The molecule has 0 saturated heterocycles. The number of nitrogens with zero attached hydrogens (tertiary/aromatic N) is 1. The molecule has 186 valence electrons. The SMILES string of the molecule is O=C(NCCO)C1=CC(N(CC(F)(F)F)C(=O)Cc2ccccc2)C(O)C2Oc3ccccc3C12. The summed E-state index contributed by atoms with van der Waals surface area (Å²) in [5, 5.41) is 22.8. The van der Waals surface area contributed by atoms with E-state index in [2.05, 4.69) is 5.32 Å². The van der Waals surface area contributed by atoms with Crippen molar-refractivity contribution in [1.82, 2.24) is 10.2 Å². The van der Waals surface area contributed by atoms with Crippen molar-refractivity contribution >= 4 is 11.8 Å². The average molecular weight is 490 g/mol. The number of benzene rings is 2. The molecule has 0 radical (unpaired) electrons. The minimum Gasteiger partial charge on any atom is -0.486 e. The topological polar surface area (TPSA) is 99.1 Å². The Morgan fingerprint density at radius 1 is 1.06 bits per heavy atom. The monoisotopic (exact) mass is 490 g/mol. The van der Waals surface area contributed by atoms with E-state index in [-0.39, 0.29) is 25.1 Å². The fourth-order valence-electron chi connectivity index (χ4n) is 4.62. The van der Waals surface area contributed by atoms with Gasteiger partial charge in [-0.1, -0.05) is 48.5 Å². The number of fused-ring (bicyclic) bond motifs is 3. The summed E-state index contributed by atoms with van der Waals surface area (Å²) < 4.78 is 46.6. The zero-order chi connectivity index (χ0) is 25.2. The van der Waals surface area contributed by atoms with Crippen molar-refractivity contribution in [3.63, 3.8) is 0 Å². The first-order chi connectivity index (χ1) is 16.7. The second-order valence-corrected chi connectivity index (χ2v) is 8.48. The van der Waals surface area contributed by atoms with E-state index in [4.69, 9.17) is 9.84 Å². The van der Waals surface area contributed by atoms with Crippen molar-refractivity contribution in [2.45, 2.75) is 36.8 Å². The van der Waals surface area contributed by atoms with Crippen molar-refractivity contribution in [3.05, 3.63) is 77.4 Å². The number of hydrogen-bond donors (Lipinski definition) is 3. The summed E-state index contributed by atoms with van der Waals surface area (Å²) in [5.74, 6) is -1.80. The van der Waals surface area contributed by atoms with Crippen LogP contribution in [-0.4, -0.2) is 71.0 Å². The van der Waals surface area contributed by atoms with Gasteiger partial charge in [0, 0.05) is 17.7 Å². The molecule has 0 spiro atoms. The lowest BCUT2D eigenvalue weighted by atomic mass is 9.77. The van der Waals surface area contributed by atoms with Crippen LogP contribution in [0.5, 0.6) is 5.75 Å². The minimum absolute atomic E-state index is 0.0670. The van der Waals surface area contributed by atoms with Gasteiger partial charge in [0.15, 0.2) is 0 Å². The molecule has 2 amide bonds. The number of aliphatic hydroxyl groups is 2. The highest BCUT2D eigenvalue weighted by molar-refractivity contribution is 5.96. The Morgan fingerprint density at radius 3 is 2.43 bits per heavy atom. The molecule has 4 unspecified atom stereocenters. The number of alkyl halides is 3. The number of rotatable bonds is 7. The Bertz CT molecular complexity index is 1110. The van der Waals surface area contributed by atoms with E-state index in [1.165, 1.54) is 6.08 Å². The Hall–Kier alpha value is -3.37. The predicted octanol–water partition coefficient (Wildman–Crippen LogP) is 1.94. The van der Waals surface area contributed by atoms with Gasteiger partial charge in [-0.3, -0.25) is 9.59 Å². The second kappa shape index (κ2) is 10.1. The van der Waals surface area contributed by atoms with Crippen LogP contribution < -0.4 is 10.1 Å². The first kappa shape index (κ1) is 24.7. The van der Waals surface area contributed by atoms with Gasteiger partial charge in [-0.15, -0.1) is 0 Å². The minimum atomic E-state index is -4.74. The van der Waals surface area contributed by atoms with Crippen LogP contribution in [0.4, 0.5) is 13.2 Å². The maximum Gasteiger partial charge on any atom is 0.406 e. The summed E-state index contributed by atoms with van der Waals surface area (Å²) in [5.41, 5.74) is 1.20. The summed E-state index contributed by atoms with van der Waals surface area (Å²) in [4.78, 5) is 26.6. The maximum absolute atomic E-state index is 13.6. The van der Waals surface area contributed by atoms with Gasteiger partial charge in [-0.25, -0.2) is 0 Å². The lowest BCUT2D eigenvalue weighted by Crippen LogP contribution is -2.57. The highest BCUT2D eigenvalue weighted by atomic mass is 19.4. The van der Waals surface area contributed by atoms with Gasteiger partial charge in [0.05, 0.1) is 25.0 Å². The molecule has 3 N–H and O–H groups in total. The number of halogens is 3. The number of aliphatic hydroxyl groups excluding tert-OH is 2. The molecule has 0 saturated carbocycles. The summed E-state index contributed by atoms with van der Waals surface area (Å²) >= 11 is 0. The van der Waals surface area contributed by atoms with Gasteiger partial charge in [-0.2, -0.15) is 13.2 Å². The van der Waals surface area contributed by atoms with Crippen molar-refractivity contribution in [2.24, 2.45) is 0 Å². The number of carbonyl (C=O) groups excluding carboxylic acids is 2. The number of nitrogens with one attached hydrogen (secondary N) is 1. The van der Waals surface area contributed by atoms with E-state index < -0.39 is 48.7 Å². The maximum atomic E-state index is 13.6. The molecule has 0 fully saturated rings. The van der Waals surface area contributed by atoms with E-state index in [1.54, 1.807) is 54.6 Å². The normalized spacial score (nSPS) is 22.9. The van der Waals surface area contributed by atoms with Crippen molar-refractivity contribution in [1.29, 1.82) is 0 Å². The quantitative estimate of drug-likeness (QED) is 0.551. The summed E-state index contributed by atoms with van der Waals surface area (Å²) in [6.45, 7) is -2.00. The number of ether oxygens (including phenoxy) is 1. The van der Waals surface area contributed by atoms with Crippen LogP contribution in [0.2, 0.25) is 0 Å². The third-order valence-electron chi connectivity index (χ3n) is 6.11. The van der Waals surface area contributed by atoms with Gasteiger partial charge < -0.3 is 25.2 Å². The van der Waals surface area contributed by atoms with Crippen LogP contribution in [0.3, 0.4) is 0 Å². The number of carbonyl (C=O) groups is 2. The molecule has 1 heterocycles. The number of hydrogen-bond acceptors (Lipinski definition) is 5. The highest BCUT2D eigenvalue weighted by Gasteiger charge is 2.51. The van der Waals surface area contributed by atoms with Gasteiger partial charge in [0.25, 0.3) is 0 Å². The molecule has 35 heavy (non-hydrogen) atoms. The Morgan fingerprint density at radius 2 is 1.74 bits per heavy atom. The lowest BCUT2D eigenvalue weighted by molar-refractivity contribution is -0.169. The molecule has 1 aliphatic carbocycles. The fourth-order valence-corrected chi connectivity index (χ4v) is 4.62. The molecule has 1 aliphatic heterocycles. The molecule has 10 heteroatoms. The highest BCUT2D eigenvalue weighted by Crippen LogP contribution is 2.47. The fraction of sp³-hybridized carbons (Fsp3) is 0.360. The first-order valence-electron chi connectivity index (χ1n) is 11.1. The van der Waals surface area contributed by atoms with E-state index in [0.29, 0.717) is 21.8 Å². The molecular formula is C25H25F3N2O5. The van der Waals surface area contributed by atoms with E-state index in [9.17, 15) is 27.9 Å². The molecule has 2 aromatic carbocycles. The number of para-hydroxylation sites is 1. The zero-order valence-corrected chi connectivity index (χ0v) is 18.6. The molecule has 0 aromatic heterocycles. The van der Waals surface area contributed by atoms with Crippen LogP contribution >= 0.6 is 0 Å². The Labute approximate surface area is 199 Å². The van der Waals surface area contributed by atoms with Crippen LogP contribution in [0.15, 0.2) is 66.2 Å². The van der Waals surface area contributed by atoms with E-state index >= 15 is 0 Å². The molecule has 7 nitrogen and oxygen atoms in total. The smallest absolute Gasteiger partial charge is 0.406 e. The Balaban J connectivity index is 1.74. The molecule has 4 rings (SSSR count). The van der Waals surface area contributed by atoms with Crippen molar-refractivity contribution < 1.29 is 37.7 Å². The van der Waals surface area contributed by atoms with Crippen LogP contribution in [0, 0.1) is 0 Å². The molecule has 4 atom stereocenters. The van der Waals surface area contributed by atoms with Crippen LogP contribution in [0.1, 0.15) is 17.0 Å². The average Bonchev–Trinajstić information content (AvgIpc) is 3.22. The van der Waals surface area contributed by atoms with Crippen LogP contribution in [0.25, 0.3) is 0 Å². The van der Waals surface area contributed by atoms with Crippen molar-refractivity contribution in [3.8, 4) is 5.75 Å². The van der Waals surface area contributed by atoms with E-state index in [1.807, 2.05) is 0 Å². The van der Waals surface area contributed by atoms with E-state index in [0.717, 1.165) is 0 Å². The zero-order valence-electron chi connectivity index (χ0n) is 18.6. The second-order valence-electron chi connectivity index (χ2n) is 8.48. The van der Waals surface area contributed by atoms with Crippen LogP contribution in [-0.2, 0) is 16.0 Å². The van der Waals surface area contributed by atoms with Gasteiger partial charge >= 0.3 is 6.18 Å². The summed E-state index contributed by atoms with van der Waals surface area (Å²) in [6, 6.07) is 13.6. The number of amides is 2. The summed E-state index contributed by atoms with van der Waals surface area (Å²) in [6.07, 6.45) is -6.43. The largest absolute Gasteiger partial charge is 0.486 e. The van der Waals surface area contributed by atoms with Gasteiger partial charge in [0.2, 0.25) is 11.8 Å². The molecule has 0 bridgehead atoms. The van der Waals surface area contributed by atoms with Gasteiger partial charge in [-0.05, 0) is 17.7 Å². The third kappa shape index (κ3) is 5.33. The Kier molecular flexibility index (Phi) is 7.13. The summed E-state index contributed by atoms with van der Waals surface area (Å²) in [7, 11) is 0. The third-order valence-corrected chi connectivity index (χ3v) is 6.11.